The van der Waals surface area contributed by atoms with Crippen molar-refractivity contribution >= 4 is 29.6 Å². The molecule has 4 fully saturated rings. The number of ether oxygens (including phenoxy) is 1. The number of hydrogen-bond donors (Lipinski definition) is 0. The SMILES string of the molecule is COC(=O)C1CCCN2C(=O)CC[C@H](N3C(=O)C4CCCCC4C3=O)C(=O)N12. The van der Waals surface area contributed by atoms with Crippen LogP contribution in [0.1, 0.15) is 51.4 Å². The van der Waals surface area contributed by atoms with Crippen molar-refractivity contribution in [2.75, 3.05) is 13.7 Å². The van der Waals surface area contributed by atoms with Crippen LogP contribution in [0.3, 0.4) is 0 Å². The van der Waals surface area contributed by atoms with Gasteiger partial charge in [-0.25, -0.2) is 9.80 Å². The molecule has 0 aromatic carbocycles. The number of amides is 4. The smallest absolute Gasteiger partial charge is 0.330 e. The quantitative estimate of drug-likeness (QED) is 0.493. The summed E-state index contributed by atoms with van der Waals surface area (Å²) in [7, 11) is 1.24. The van der Waals surface area contributed by atoms with Crippen LogP contribution in [0.5, 0.6) is 0 Å². The van der Waals surface area contributed by atoms with Gasteiger partial charge < -0.3 is 4.74 Å². The summed E-state index contributed by atoms with van der Waals surface area (Å²) >= 11 is 0. The summed E-state index contributed by atoms with van der Waals surface area (Å²) in [5, 5.41) is 2.45. The first-order valence-corrected chi connectivity index (χ1v) is 10.0. The molecule has 0 bridgehead atoms. The number of fused-ring (bicyclic) bond motifs is 2. The first kappa shape index (κ1) is 18.9. The molecule has 0 N–H and O–H groups in total. The van der Waals surface area contributed by atoms with Gasteiger partial charge in [0.15, 0.2) is 6.04 Å². The van der Waals surface area contributed by atoms with E-state index in [0.29, 0.717) is 32.2 Å². The molecule has 28 heavy (non-hydrogen) atoms. The maximum Gasteiger partial charge on any atom is 0.330 e. The number of nitrogens with zero attached hydrogens (tertiary/aromatic N) is 3. The van der Waals surface area contributed by atoms with Gasteiger partial charge in [-0.05, 0) is 32.1 Å². The molecule has 0 radical (unpaired) electrons. The summed E-state index contributed by atoms with van der Waals surface area (Å²) in [4.78, 5) is 65.3. The van der Waals surface area contributed by atoms with Crippen molar-refractivity contribution in [2.45, 2.75) is 63.5 Å². The number of imide groups is 1. The predicted octanol–water partition coefficient (Wildman–Crippen LogP) is 0.232. The van der Waals surface area contributed by atoms with Crippen LogP contribution in [0.25, 0.3) is 0 Å². The highest BCUT2D eigenvalue weighted by Gasteiger charge is 2.55. The molecule has 3 aliphatic heterocycles. The largest absolute Gasteiger partial charge is 0.467 e. The number of methoxy groups -OCH3 is 1. The molecule has 1 aliphatic carbocycles. The lowest BCUT2D eigenvalue weighted by atomic mass is 9.81. The van der Waals surface area contributed by atoms with Crippen LogP contribution in [0.15, 0.2) is 0 Å². The van der Waals surface area contributed by atoms with Gasteiger partial charge in [-0.3, -0.25) is 29.1 Å². The molecular formula is C19H25N3O6. The summed E-state index contributed by atoms with van der Waals surface area (Å²) < 4.78 is 4.82. The lowest BCUT2D eigenvalue weighted by molar-refractivity contribution is -0.183. The number of esters is 1. The Kier molecular flexibility index (Phi) is 4.84. The topological polar surface area (TPSA) is 104 Å². The number of hydrogen-bond acceptors (Lipinski definition) is 6. The number of likely N-dealkylation sites (tertiary alicyclic amines) is 1. The van der Waals surface area contributed by atoms with E-state index in [4.69, 9.17) is 4.74 Å². The highest BCUT2D eigenvalue weighted by molar-refractivity contribution is 6.09. The van der Waals surface area contributed by atoms with Crippen molar-refractivity contribution in [1.29, 1.82) is 0 Å². The Morgan fingerprint density at radius 1 is 0.893 bits per heavy atom. The van der Waals surface area contributed by atoms with E-state index in [1.165, 1.54) is 12.1 Å². The van der Waals surface area contributed by atoms with Crippen molar-refractivity contribution in [1.82, 2.24) is 14.9 Å². The maximum absolute atomic E-state index is 13.4. The fourth-order valence-corrected chi connectivity index (χ4v) is 5.10. The van der Waals surface area contributed by atoms with Crippen LogP contribution in [-0.4, -0.2) is 70.3 Å². The van der Waals surface area contributed by atoms with Crippen molar-refractivity contribution in [2.24, 2.45) is 11.8 Å². The lowest BCUT2D eigenvalue weighted by Gasteiger charge is -2.42. The Labute approximate surface area is 162 Å². The van der Waals surface area contributed by atoms with Gasteiger partial charge in [0.1, 0.15) is 6.04 Å². The molecule has 1 saturated carbocycles. The van der Waals surface area contributed by atoms with Crippen molar-refractivity contribution in [3.8, 4) is 0 Å². The van der Waals surface area contributed by atoms with E-state index < -0.39 is 24.0 Å². The molecular weight excluding hydrogens is 366 g/mol. The van der Waals surface area contributed by atoms with E-state index in [-0.39, 0.29) is 42.4 Å². The summed E-state index contributed by atoms with van der Waals surface area (Å²) in [6, 6.07) is -1.95. The number of carbonyl (C=O) groups excluding carboxylic acids is 5. The third-order valence-electron chi connectivity index (χ3n) is 6.49. The molecule has 3 unspecified atom stereocenters. The number of hydrazine groups is 1. The third kappa shape index (κ3) is 2.79. The summed E-state index contributed by atoms with van der Waals surface area (Å²) in [6.45, 7) is 0.331. The van der Waals surface area contributed by atoms with Crippen LogP contribution in [-0.2, 0) is 28.7 Å². The van der Waals surface area contributed by atoms with Gasteiger partial charge in [-0.1, -0.05) is 12.8 Å². The molecule has 3 saturated heterocycles. The van der Waals surface area contributed by atoms with Gasteiger partial charge >= 0.3 is 5.97 Å². The second kappa shape index (κ2) is 7.18. The average Bonchev–Trinajstić information content (AvgIpc) is 2.89. The zero-order valence-corrected chi connectivity index (χ0v) is 16.0. The minimum Gasteiger partial charge on any atom is -0.467 e. The van der Waals surface area contributed by atoms with Crippen LogP contribution >= 0.6 is 0 Å². The van der Waals surface area contributed by atoms with Crippen LogP contribution < -0.4 is 0 Å². The van der Waals surface area contributed by atoms with E-state index >= 15 is 0 Å². The highest BCUT2D eigenvalue weighted by atomic mass is 16.5. The summed E-state index contributed by atoms with van der Waals surface area (Å²) in [5.41, 5.74) is 0. The predicted molar refractivity (Wildman–Crippen MR) is 93.9 cm³/mol. The van der Waals surface area contributed by atoms with Gasteiger partial charge in [0.25, 0.3) is 5.91 Å². The Hall–Kier alpha value is -2.45. The second-order valence-corrected chi connectivity index (χ2v) is 7.98. The van der Waals surface area contributed by atoms with E-state index in [0.717, 1.165) is 22.8 Å². The van der Waals surface area contributed by atoms with E-state index in [1.807, 2.05) is 0 Å². The highest BCUT2D eigenvalue weighted by Crippen LogP contribution is 2.40. The molecule has 4 aliphatic rings. The van der Waals surface area contributed by atoms with Crippen molar-refractivity contribution in [3.05, 3.63) is 0 Å². The van der Waals surface area contributed by atoms with Crippen molar-refractivity contribution in [3.63, 3.8) is 0 Å². The Bertz CT molecular complexity index is 713. The van der Waals surface area contributed by atoms with Gasteiger partial charge in [-0.2, -0.15) is 0 Å². The third-order valence-corrected chi connectivity index (χ3v) is 6.49. The van der Waals surface area contributed by atoms with Crippen LogP contribution in [0, 0.1) is 11.8 Å². The molecule has 152 valence electrons. The first-order valence-electron chi connectivity index (χ1n) is 10.0. The molecule has 4 atom stereocenters. The molecule has 9 nitrogen and oxygen atoms in total. The van der Waals surface area contributed by atoms with E-state index in [1.54, 1.807) is 0 Å². The zero-order valence-electron chi connectivity index (χ0n) is 16.0. The number of rotatable bonds is 2. The normalized spacial score (nSPS) is 33.5. The molecule has 9 heteroatoms. The van der Waals surface area contributed by atoms with E-state index in [2.05, 4.69) is 0 Å². The maximum atomic E-state index is 13.4. The zero-order chi connectivity index (χ0) is 20.0. The van der Waals surface area contributed by atoms with Gasteiger partial charge in [0.05, 0.1) is 18.9 Å². The molecule has 0 spiro atoms. The van der Waals surface area contributed by atoms with E-state index in [9.17, 15) is 24.0 Å². The Balaban J connectivity index is 1.67. The summed E-state index contributed by atoms with van der Waals surface area (Å²) in [6.07, 6.45) is 4.21. The van der Waals surface area contributed by atoms with Gasteiger partial charge in [-0.15, -0.1) is 0 Å². The standard InChI is InChI=1S/C19H25N3O6/c1-28-19(27)14-7-4-10-20-15(23)9-8-13(18(26)22(14)20)21-16(24)11-5-2-3-6-12(11)17(21)25/h11-14H,2-10H2,1H3/t11?,12?,13-,14?/m0/s1. The van der Waals surface area contributed by atoms with Gasteiger partial charge in [0.2, 0.25) is 17.7 Å². The summed E-state index contributed by atoms with van der Waals surface area (Å²) in [5.74, 6) is -2.74. The molecule has 0 aromatic rings. The molecule has 4 amide bonds. The average molecular weight is 391 g/mol. The molecule has 0 aromatic heterocycles. The Morgan fingerprint density at radius 2 is 1.54 bits per heavy atom. The van der Waals surface area contributed by atoms with Crippen molar-refractivity contribution < 1.29 is 28.7 Å². The minimum absolute atomic E-state index is 0.0488. The fraction of sp³-hybridized carbons (Fsp3) is 0.737. The molecule has 3 heterocycles. The monoisotopic (exact) mass is 391 g/mol. The van der Waals surface area contributed by atoms with Crippen LogP contribution in [0.2, 0.25) is 0 Å². The van der Waals surface area contributed by atoms with Crippen LogP contribution in [0.4, 0.5) is 0 Å². The minimum atomic E-state index is -1.04. The number of carbonyl (C=O) groups is 5. The second-order valence-electron chi connectivity index (χ2n) is 7.98. The Morgan fingerprint density at radius 3 is 2.14 bits per heavy atom. The fourth-order valence-electron chi connectivity index (χ4n) is 5.10. The molecule has 4 rings (SSSR count). The lowest BCUT2D eigenvalue weighted by Crippen LogP contribution is -2.62. The first-order chi connectivity index (χ1) is 13.5. The van der Waals surface area contributed by atoms with Gasteiger partial charge in [0, 0.05) is 13.0 Å².